The third kappa shape index (κ3) is 16.0. The highest BCUT2D eigenvalue weighted by molar-refractivity contribution is 7.90. The van der Waals surface area contributed by atoms with Crippen LogP contribution in [0.25, 0.3) is 22.3 Å². The third-order valence-corrected chi connectivity index (χ3v) is 15.1. The first-order valence-corrected chi connectivity index (χ1v) is 29.3. The number of aryl methyl sites for hydroxylation is 2. The number of benzene rings is 1. The number of rotatable bonds is 29. The number of amides is 4. The summed E-state index contributed by atoms with van der Waals surface area (Å²) in [5, 5.41) is 22.7. The van der Waals surface area contributed by atoms with Crippen LogP contribution in [0.1, 0.15) is 145 Å². The number of pyridine rings is 2. The zero-order valence-electron chi connectivity index (χ0n) is 46.5. The number of sulfone groups is 1. The van der Waals surface area contributed by atoms with Gasteiger partial charge in [-0.1, -0.05) is 59.3 Å². The predicted molar refractivity (Wildman–Crippen MR) is 294 cm³/mol. The lowest BCUT2D eigenvalue weighted by molar-refractivity contribution is -0.172. The van der Waals surface area contributed by atoms with E-state index in [1.165, 1.54) is 23.0 Å². The van der Waals surface area contributed by atoms with Crippen molar-refractivity contribution in [2.45, 2.75) is 161 Å². The summed E-state index contributed by atoms with van der Waals surface area (Å²) in [4.78, 5) is 95.3. The summed E-state index contributed by atoms with van der Waals surface area (Å²) >= 11 is 0. The molecule has 4 aromatic rings. The maximum atomic E-state index is 15.0. The monoisotopic (exact) mass is 1110 g/mol. The van der Waals surface area contributed by atoms with Gasteiger partial charge in [-0.05, 0) is 114 Å². The molecule has 79 heavy (non-hydrogen) atoms. The van der Waals surface area contributed by atoms with Crippen LogP contribution in [0.15, 0.2) is 40.5 Å². The van der Waals surface area contributed by atoms with Crippen molar-refractivity contribution in [2.75, 3.05) is 45.8 Å². The largest absolute Gasteiger partial charge is 0.458 e. The zero-order valence-corrected chi connectivity index (χ0v) is 47.3. The first kappa shape index (κ1) is 61.5. The van der Waals surface area contributed by atoms with Gasteiger partial charge in [-0.15, -0.1) is 0 Å². The molecule has 2 aliphatic heterocycles. The molecule has 6 rings (SSSR count). The molecule has 2 aliphatic rings. The van der Waals surface area contributed by atoms with E-state index < -0.39 is 69.1 Å². The Hall–Kier alpha value is -6.67. The van der Waals surface area contributed by atoms with E-state index >= 15 is 4.39 Å². The standard InChI is InChI=1S/C57H76FN9O11S/c1-8-11-23-66(24-12-9-2)25-17-16-21-45(64-53(71)50(36(4)5)65-48(68)22-15-13-14-19-38-30-60-56(61-31-38)79(7,75)76)52(70)59-32-49(69)62-35-77-26-18-20-39-40-27-37(6)44(58)29-46(40)63-51-41(39)33-67-47(51)28-43-42(54(67)72)34-78-55(73)57(43,74)10-3/h27-31,36,45,50,74H,8-13,15-18,20-26,32-35H2,1-7H3,(H,59,70)(H,62,69)(H,64,71)(H,65,68)/t45-,50-,57-/m0/s1. The van der Waals surface area contributed by atoms with Crippen LogP contribution >= 0.6 is 0 Å². The van der Waals surface area contributed by atoms with E-state index in [1.807, 2.05) is 0 Å². The predicted octanol–water partition coefficient (Wildman–Crippen LogP) is 4.78. The van der Waals surface area contributed by atoms with Crippen molar-refractivity contribution in [3.05, 3.63) is 80.1 Å². The van der Waals surface area contributed by atoms with Gasteiger partial charge in [0.05, 0.1) is 41.1 Å². The van der Waals surface area contributed by atoms with Crippen molar-refractivity contribution < 1.29 is 51.4 Å². The maximum Gasteiger partial charge on any atom is 0.343 e. The van der Waals surface area contributed by atoms with E-state index in [1.54, 1.807) is 39.8 Å². The van der Waals surface area contributed by atoms with E-state index in [0.29, 0.717) is 71.9 Å². The molecule has 22 heteroatoms. The minimum absolute atomic E-state index is 0.0113. The minimum Gasteiger partial charge on any atom is -0.458 e. The smallest absolute Gasteiger partial charge is 0.343 e. The lowest BCUT2D eigenvalue weighted by atomic mass is 9.86. The summed E-state index contributed by atoms with van der Waals surface area (Å²) in [7, 11) is -3.54. The first-order valence-electron chi connectivity index (χ1n) is 27.4. The van der Waals surface area contributed by atoms with E-state index in [9.17, 15) is 42.3 Å². The van der Waals surface area contributed by atoms with Crippen LogP contribution in [0.3, 0.4) is 0 Å². The van der Waals surface area contributed by atoms with Crippen molar-refractivity contribution in [1.29, 1.82) is 0 Å². The van der Waals surface area contributed by atoms with Crippen molar-refractivity contribution in [3.63, 3.8) is 0 Å². The molecule has 0 saturated heterocycles. The van der Waals surface area contributed by atoms with Crippen LogP contribution in [0, 0.1) is 30.5 Å². The van der Waals surface area contributed by atoms with E-state index in [-0.39, 0.29) is 67.4 Å². The number of ether oxygens (including phenoxy) is 2. The normalized spacial score (nSPS) is 15.4. The van der Waals surface area contributed by atoms with Gasteiger partial charge in [0.25, 0.3) is 5.56 Å². The molecule has 0 spiro atoms. The second-order valence-electron chi connectivity index (χ2n) is 20.7. The van der Waals surface area contributed by atoms with Crippen LogP contribution < -0.4 is 26.8 Å². The van der Waals surface area contributed by atoms with Crippen LogP contribution in [-0.2, 0) is 68.5 Å². The molecule has 5 heterocycles. The fourth-order valence-corrected chi connectivity index (χ4v) is 10.1. The van der Waals surface area contributed by atoms with E-state index in [0.717, 1.165) is 69.1 Å². The van der Waals surface area contributed by atoms with Crippen LogP contribution in [0.5, 0.6) is 0 Å². The van der Waals surface area contributed by atoms with Gasteiger partial charge in [0.2, 0.25) is 38.6 Å². The molecule has 4 amide bonds. The molecule has 0 saturated carbocycles. The molecule has 3 atom stereocenters. The molecule has 5 N–H and O–H groups in total. The molecule has 20 nitrogen and oxygen atoms in total. The number of carbonyl (C=O) groups is 5. The molecule has 0 unspecified atom stereocenters. The quantitative estimate of drug-likeness (QED) is 0.0142. The number of unbranched alkanes of at least 4 members (excludes halogenated alkanes) is 4. The highest BCUT2D eigenvalue weighted by Crippen LogP contribution is 2.41. The number of esters is 1. The summed E-state index contributed by atoms with van der Waals surface area (Å²) in [6.07, 6.45) is 11.3. The summed E-state index contributed by atoms with van der Waals surface area (Å²) in [6.45, 7) is 13.5. The van der Waals surface area contributed by atoms with Gasteiger partial charge in [-0.2, -0.15) is 0 Å². The van der Waals surface area contributed by atoms with Crippen LogP contribution in [-0.4, -0.2) is 125 Å². The molecular weight excluding hydrogens is 1040 g/mol. The fraction of sp³-hybridized carbons (Fsp3) is 0.561. The Morgan fingerprint density at radius 3 is 2.30 bits per heavy atom. The van der Waals surface area contributed by atoms with Crippen molar-refractivity contribution >= 4 is 50.3 Å². The Balaban J connectivity index is 1.03. The number of carbonyl (C=O) groups excluding carboxylic acids is 5. The number of aliphatic hydroxyl groups is 1. The van der Waals surface area contributed by atoms with Crippen molar-refractivity contribution in [2.24, 2.45) is 5.92 Å². The highest BCUT2D eigenvalue weighted by atomic mass is 32.2. The lowest BCUT2D eigenvalue weighted by Gasteiger charge is -2.31. The van der Waals surface area contributed by atoms with Crippen molar-refractivity contribution in [3.8, 4) is 23.2 Å². The fourth-order valence-electron chi connectivity index (χ4n) is 9.65. The number of nitrogens with zero attached hydrogens (tertiary/aromatic N) is 5. The zero-order chi connectivity index (χ0) is 57.4. The second kappa shape index (κ2) is 28.5. The van der Waals surface area contributed by atoms with Gasteiger partial charge in [-0.25, -0.2) is 32.6 Å². The van der Waals surface area contributed by atoms with Gasteiger partial charge in [0.1, 0.15) is 31.2 Å². The van der Waals surface area contributed by atoms with Crippen molar-refractivity contribution in [1.82, 2.24) is 45.7 Å². The summed E-state index contributed by atoms with van der Waals surface area (Å²) in [5.41, 5.74) is 1.61. The molecule has 0 bridgehead atoms. The van der Waals surface area contributed by atoms with Gasteiger partial charge in [0.15, 0.2) is 5.60 Å². The molecule has 0 aliphatic carbocycles. The molecule has 0 radical (unpaired) electrons. The van der Waals surface area contributed by atoms with Gasteiger partial charge >= 0.3 is 5.97 Å². The van der Waals surface area contributed by atoms with Crippen LogP contribution in [0.2, 0.25) is 0 Å². The Labute approximate surface area is 461 Å². The topological polar surface area (TPSA) is 270 Å². The average molecular weight is 1110 g/mol. The van der Waals surface area contributed by atoms with Gasteiger partial charge < -0.3 is 45.3 Å². The Kier molecular flexibility index (Phi) is 22.2. The SMILES string of the molecule is CCCCN(CCCC)CCCC[C@H](NC(=O)[C@@H](NC(=O)CCCC#Cc1cnc(S(C)(=O)=O)nc1)C(C)C)C(=O)NCC(=O)NCOCCCc1c2c(nc3cc(F)c(C)cc13)-c1cc3c(c(=O)n1C2)COC(=O)[C@]3(O)CC. The first-order chi connectivity index (χ1) is 37.7. The third-order valence-electron chi connectivity index (χ3n) is 14.3. The number of hydrogen-bond donors (Lipinski definition) is 5. The number of nitrogens with one attached hydrogen (secondary N) is 4. The number of halogens is 1. The van der Waals surface area contributed by atoms with Gasteiger partial charge in [-0.3, -0.25) is 24.0 Å². The Morgan fingerprint density at radius 1 is 0.924 bits per heavy atom. The number of hydrogen-bond acceptors (Lipinski definition) is 15. The van der Waals surface area contributed by atoms with Crippen LogP contribution in [0.4, 0.5) is 4.39 Å². The number of cyclic esters (lactones) is 1. The summed E-state index contributed by atoms with van der Waals surface area (Å²) in [6, 6.07) is 2.74. The van der Waals surface area contributed by atoms with E-state index in [2.05, 4.69) is 61.8 Å². The lowest BCUT2D eigenvalue weighted by Crippen LogP contribution is -2.56. The highest BCUT2D eigenvalue weighted by Gasteiger charge is 2.45. The molecular formula is C57H76FN9O11S. The molecule has 428 valence electrons. The maximum absolute atomic E-state index is 15.0. The van der Waals surface area contributed by atoms with E-state index in [4.69, 9.17) is 14.5 Å². The average Bonchev–Trinajstić information content (AvgIpc) is 3.89. The Morgan fingerprint density at radius 2 is 1.63 bits per heavy atom. The molecule has 1 aromatic carbocycles. The number of aromatic nitrogens is 4. The summed E-state index contributed by atoms with van der Waals surface area (Å²) < 4.78 is 50.8. The second-order valence-corrected chi connectivity index (χ2v) is 22.6. The van der Waals surface area contributed by atoms with Gasteiger partial charge in [0, 0.05) is 60.7 Å². The number of fused-ring (bicyclic) bond motifs is 5. The minimum atomic E-state index is -3.54. The summed E-state index contributed by atoms with van der Waals surface area (Å²) in [5.74, 6) is 2.17. The molecule has 3 aromatic heterocycles. The Bertz CT molecular complexity index is 3100. The molecule has 0 fully saturated rings.